The quantitative estimate of drug-likeness (QED) is 0.0400. The molecule has 0 aliphatic rings. The van der Waals surface area contributed by atoms with Crippen LogP contribution in [0.3, 0.4) is 0 Å². The molecule has 0 radical (unpaired) electrons. The summed E-state index contributed by atoms with van der Waals surface area (Å²) in [5.74, 6) is -1.44. The molecule has 0 aliphatic heterocycles. The van der Waals surface area contributed by atoms with Crippen LogP contribution in [-0.2, 0) is 21.1 Å². The van der Waals surface area contributed by atoms with E-state index in [1.54, 1.807) is 61.0 Å². The van der Waals surface area contributed by atoms with Gasteiger partial charge in [0.1, 0.15) is 22.8 Å². The molecule has 8 N–H and O–H groups in total. The van der Waals surface area contributed by atoms with Gasteiger partial charge in [-0.1, -0.05) is 0 Å². The highest BCUT2D eigenvalue weighted by Crippen LogP contribution is 2.22. The number of carbonyl (C=O) groups excluding carboxylic acids is 5. The Balaban J connectivity index is 1.15. The molecule has 0 fully saturated rings. The first-order valence-electron chi connectivity index (χ1n) is 17.0. The molecule has 0 aliphatic carbocycles. The van der Waals surface area contributed by atoms with E-state index in [1.165, 1.54) is 28.1 Å². The van der Waals surface area contributed by atoms with Crippen LogP contribution in [0.15, 0.2) is 66.4 Å². The number of hydrogen-bond acceptors (Lipinski definition) is 9. The highest BCUT2D eigenvalue weighted by Gasteiger charge is 2.20. The maximum absolute atomic E-state index is 13.3. The van der Waals surface area contributed by atoms with Crippen molar-refractivity contribution in [2.24, 2.45) is 26.9 Å². The van der Waals surface area contributed by atoms with Crippen molar-refractivity contribution in [3.05, 3.63) is 94.8 Å². The van der Waals surface area contributed by atoms with Gasteiger partial charge in [0.05, 0.1) is 22.9 Å². The number of amides is 5. The number of amidine groups is 1. The molecule has 5 rings (SSSR count). The summed E-state index contributed by atoms with van der Waals surface area (Å²) in [6.07, 6.45) is 4.94. The largest absolute Gasteiger partial charge is 0.388 e. The summed E-state index contributed by atoms with van der Waals surface area (Å²) in [5, 5.41) is 22.7. The zero-order valence-corrected chi connectivity index (χ0v) is 32.9. The van der Waals surface area contributed by atoms with E-state index in [0.29, 0.717) is 53.2 Å². The average Bonchev–Trinajstić information content (AvgIpc) is 3.94. The second-order valence-electron chi connectivity index (χ2n) is 12.5. The summed E-state index contributed by atoms with van der Waals surface area (Å²) >= 11 is 12.9. The van der Waals surface area contributed by atoms with Crippen molar-refractivity contribution >= 4 is 97.8 Å². The first-order valence-corrected chi connectivity index (χ1v) is 19.0. The van der Waals surface area contributed by atoms with Crippen molar-refractivity contribution in [1.29, 1.82) is 5.41 Å². The fourth-order valence-electron chi connectivity index (χ4n) is 5.56. The molecular formula is C36H40Cl2N12O5S. The Kier molecular flexibility index (Phi) is 13.6. The lowest BCUT2D eigenvalue weighted by Gasteiger charge is -2.22. The van der Waals surface area contributed by atoms with Gasteiger partial charge in [0, 0.05) is 94.2 Å². The molecule has 17 nitrogen and oxygen atoms in total. The molecule has 0 atom stereocenters. The van der Waals surface area contributed by atoms with Crippen LogP contribution in [0.1, 0.15) is 58.7 Å². The number of aromatic nitrogens is 4. The van der Waals surface area contributed by atoms with E-state index in [-0.39, 0.29) is 52.8 Å². The van der Waals surface area contributed by atoms with Crippen molar-refractivity contribution in [3.8, 4) is 0 Å². The molecular weight excluding hydrogens is 783 g/mol. The molecule has 0 spiro atoms. The molecule has 56 heavy (non-hydrogen) atoms. The molecule has 0 saturated carbocycles. The highest BCUT2D eigenvalue weighted by molar-refractivity contribution is 7.14. The molecule has 0 saturated heterocycles. The van der Waals surface area contributed by atoms with Gasteiger partial charge in [-0.05, 0) is 42.5 Å². The average molecular weight is 824 g/mol. The third-order valence-electron chi connectivity index (χ3n) is 8.33. The van der Waals surface area contributed by atoms with Crippen LogP contribution in [0, 0.1) is 5.41 Å². The molecule has 1 aromatic carbocycles. The molecule has 5 aromatic rings. The van der Waals surface area contributed by atoms with Crippen molar-refractivity contribution in [2.45, 2.75) is 6.42 Å². The van der Waals surface area contributed by atoms with E-state index in [1.807, 2.05) is 17.0 Å². The first kappa shape index (κ1) is 41.1. The number of nitrogens with zero attached hydrogens (tertiary/aromatic N) is 5. The first-order chi connectivity index (χ1) is 26.8. The number of rotatable bonds is 17. The summed E-state index contributed by atoms with van der Waals surface area (Å²) in [5.41, 5.74) is 8.53. The van der Waals surface area contributed by atoms with Gasteiger partial charge in [0.25, 0.3) is 29.5 Å². The summed E-state index contributed by atoms with van der Waals surface area (Å²) in [4.78, 5) is 71.1. The van der Waals surface area contributed by atoms with Crippen LogP contribution in [0.2, 0.25) is 0 Å². The van der Waals surface area contributed by atoms with Crippen molar-refractivity contribution in [3.63, 3.8) is 0 Å². The van der Waals surface area contributed by atoms with Crippen molar-refractivity contribution in [2.75, 3.05) is 57.6 Å². The molecule has 5 amide bonds. The number of carbonyl (C=O) groups is 5. The van der Waals surface area contributed by atoms with Gasteiger partial charge in [0.15, 0.2) is 5.13 Å². The molecule has 0 bridgehead atoms. The molecule has 0 unspecified atom stereocenters. The van der Waals surface area contributed by atoms with Crippen LogP contribution < -0.4 is 37.2 Å². The molecule has 294 valence electrons. The number of thiazole rings is 1. The number of aryl methyl sites for hydroxylation is 3. The summed E-state index contributed by atoms with van der Waals surface area (Å²) in [7, 11) is 4.95. The predicted molar refractivity (Wildman–Crippen MR) is 219 cm³/mol. The Bertz CT molecular complexity index is 2250. The maximum atomic E-state index is 13.3. The zero-order chi connectivity index (χ0) is 40.5. The SMILES string of the molecule is Cn1cc(NC(=O)c2cc(NC(=O)c3cc(NC(=O)c4csc(NC(=O)c5ccc(N(CCCl)CCCl)cc5)n4)cn3C)cn2C)cc1C(=O)NCCC(=N)N. The minimum atomic E-state index is -0.541. The van der Waals surface area contributed by atoms with Gasteiger partial charge in [-0.25, -0.2) is 4.98 Å². The van der Waals surface area contributed by atoms with Crippen LogP contribution in [0.5, 0.6) is 0 Å². The normalized spacial score (nSPS) is 10.8. The standard InChI is InChI=1S/C36H40Cl2N12O5S/c1-47-18-23(14-27(47)33(53)41-11-8-30(39)40)43-35(55)29-16-24(19-49(29)3)44-34(54)28-15-22(17-48(28)2)42-32(52)26-20-56-36(45-26)46-31(51)21-4-6-25(7-5-21)50(12-9-37)13-10-38/h4-7,14-20H,8-13H2,1-3H3,(H3,39,40)(H,41,53)(H,42,52)(H,43,55)(H,44,54)(H,45,46,51). The van der Waals surface area contributed by atoms with Gasteiger partial charge in [-0.15, -0.1) is 34.5 Å². The summed E-state index contributed by atoms with van der Waals surface area (Å²) in [6.45, 7) is 1.44. The highest BCUT2D eigenvalue weighted by atomic mass is 35.5. The summed E-state index contributed by atoms with van der Waals surface area (Å²) in [6, 6.07) is 11.5. The van der Waals surface area contributed by atoms with Crippen LogP contribution >= 0.6 is 34.5 Å². The van der Waals surface area contributed by atoms with Gasteiger partial charge in [-0.2, -0.15) is 0 Å². The van der Waals surface area contributed by atoms with E-state index in [4.69, 9.17) is 34.3 Å². The van der Waals surface area contributed by atoms with Gasteiger partial charge in [-0.3, -0.25) is 34.7 Å². The minimum Gasteiger partial charge on any atom is -0.388 e. The number of hydrogen-bond donors (Lipinski definition) is 7. The summed E-state index contributed by atoms with van der Waals surface area (Å²) < 4.78 is 4.64. The minimum absolute atomic E-state index is 0.0399. The second-order valence-corrected chi connectivity index (χ2v) is 14.1. The molecule has 4 aromatic heterocycles. The lowest BCUT2D eigenvalue weighted by molar-refractivity contribution is 0.0944. The third-order valence-corrected chi connectivity index (χ3v) is 9.42. The van der Waals surface area contributed by atoms with Crippen molar-refractivity contribution in [1.82, 2.24) is 24.0 Å². The number of halogens is 2. The fraction of sp³-hybridized carbons (Fsp3) is 0.250. The number of alkyl halides is 2. The van der Waals surface area contributed by atoms with Crippen LogP contribution in [-0.4, -0.2) is 85.5 Å². The van der Waals surface area contributed by atoms with E-state index >= 15 is 0 Å². The topological polar surface area (TPSA) is 226 Å². The number of anilines is 5. The molecule has 4 heterocycles. The number of benzene rings is 1. The predicted octanol–water partition coefficient (Wildman–Crippen LogP) is 4.51. The van der Waals surface area contributed by atoms with Crippen molar-refractivity contribution < 1.29 is 24.0 Å². The zero-order valence-electron chi connectivity index (χ0n) is 30.6. The lowest BCUT2D eigenvalue weighted by atomic mass is 10.2. The van der Waals surface area contributed by atoms with Crippen LogP contribution in [0.25, 0.3) is 0 Å². The Morgan fingerprint density at radius 3 is 1.70 bits per heavy atom. The smallest absolute Gasteiger partial charge is 0.275 e. The Morgan fingerprint density at radius 2 is 1.21 bits per heavy atom. The maximum Gasteiger partial charge on any atom is 0.275 e. The van der Waals surface area contributed by atoms with E-state index in [9.17, 15) is 24.0 Å². The monoisotopic (exact) mass is 822 g/mol. The lowest BCUT2D eigenvalue weighted by Crippen LogP contribution is -2.28. The van der Waals surface area contributed by atoms with E-state index in [0.717, 1.165) is 17.0 Å². The Labute approximate surface area is 335 Å². The van der Waals surface area contributed by atoms with E-state index in [2.05, 4.69) is 31.6 Å². The van der Waals surface area contributed by atoms with Gasteiger partial charge < -0.3 is 45.6 Å². The second kappa shape index (κ2) is 18.5. The Hall–Kier alpha value is -6.11. The van der Waals surface area contributed by atoms with Gasteiger partial charge in [0.2, 0.25) is 0 Å². The number of nitrogens with one attached hydrogen (secondary N) is 6. The Morgan fingerprint density at radius 1 is 0.732 bits per heavy atom. The number of nitrogens with two attached hydrogens (primary N) is 1. The van der Waals surface area contributed by atoms with Crippen LogP contribution in [0.4, 0.5) is 27.9 Å². The third kappa shape index (κ3) is 10.3. The van der Waals surface area contributed by atoms with Gasteiger partial charge >= 0.3 is 0 Å². The molecule has 20 heteroatoms. The fourth-order valence-corrected chi connectivity index (χ4v) is 6.66. The van der Waals surface area contributed by atoms with E-state index < -0.39 is 17.7 Å².